The number of hydrogen-bond donors (Lipinski definition) is 3. The van der Waals surface area contributed by atoms with Crippen LogP contribution in [0.3, 0.4) is 0 Å². The summed E-state index contributed by atoms with van der Waals surface area (Å²) >= 11 is 1.39. The van der Waals surface area contributed by atoms with Gasteiger partial charge in [-0.3, -0.25) is 24.0 Å². The average Bonchev–Trinajstić information content (AvgIpc) is 3.78. The SMILES string of the molecule is C[C@H]1C(=O)N[C@@H](Cc2ccccc2)C(=O)N[C@H]2CCO[C@H](CN(C(=O)c3ccc4ncsc4c3)CC(=O)N3CCC[C@H]3C(=O)N1C)[C@H]2O. The van der Waals surface area contributed by atoms with Crippen molar-refractivity contribution >= 4 is 51.1 Å². The van der Waals surface area contributed by atoms with Crippen molar-refractivity contribution in [1.29, 1.82) is 0 Å². The molecule has 2 bridgehead atoms. The van der Waals surface area contributed by atoms with Crippen molar-refractivity contribution in [2.75, 3.05) is 33.3 Å². The normalized spacial score (nSPS) is 27.8. The fraction of sp³-hybridized carbons (Fsp3) is 0.471. The molecule has 14 heteroatoms. The Hall–Kier alpha value is -4.40. The molecule has 6 atom stereocenters. The van der Waals surface area contributed by atoms with Crippen molar-refractivity contribution in [2.24, 2.45) is 0 Å². The van der Waals surface area contributed by atoms with E-state index in [1.807, 2.05) is 30.3 Å². The number of likely N-dealkylation sites (N-methyl/N-ethyl adjacent to an activating group) is 1. The van der Waals surface area contributed by atoms with Gasteiger partial charge in [0.05, 0.1) is 28.3 Å². The average molecular weight is 677 g/mol. The first-order valence-electron chi connectivity index (χ1n) is 16.2. The minimum absolute atomic E-state index is 0.133. The molecule has 2 aromatic carbocycles. The van der Waals surface area contributed by atoms with Gasteiger partial charge in [-0.1, -0.05) is 30.3 Å². The van der Waals surface area contributed by atoms with E-state index < -0.39 is 65.9 Å². The minimum Gasteiger partial charge on any atom is -0.388 e. The number of ether oxygens (including phenoxy) is 1. The third kappa shape index (κ3) is 7.05. The summed E-state index contributed by atoms with van der Waals surface area (Å²) in [6, 6.07) is 10.8. The number of carbonyl (C=O) groups is 5. The molecule has 3 aliphatic heterocycles. The van der Waals surface area contributed by atoms with Gasteiger partial charge < -0.3 is 35.2 Å². The lowest BCUT2D eigenvalue weighted by molar-refractivity contribution is -0.147. The van der Waals surface area contributed by atoms with Crippen molar-refractivity contribution in [3.05, 3.63) is 65.2 Å². The van der Waals surface area contributed by atoms with Gasteiger partial charge in [-0.2, -0.15) is 0 Å². The van der Waals surface area contributed by atoms with Gasteiger partial charge in [-0.05, 0) is 49.9 Å². The maximum Gasteiger partial charge on any atom is 0.254 e. The third-order valence-corrected chi connectivity index (χ3v) is 10.3. The molecule has 0 spiro atoms. The van der Waals surface area contributed by atoms with Crippen LogP contribution in [-0.4, -0.2) is 124 Å². The number of aliphatic hydroxyl groups is 1. The molecule has 5 amide bonds. The summed E-state index contributed by atoms with van der Waals surface area (Å²) in [5.41, 5.74) is 3.60. The molecule has 0 radical (unpaired) electrons. The van der Waals surface area contributed by atoms with E-state index in [2.05, 4.69) is 15.6 Å². The van der Waals surface area contributed by atoms with Gasteiger partial charge in [-0.15, -0.1) is 11.3 Å². The molecule has 13 nitrogen and oxygen atoms in total. The number of nitrogens with one attached hydrogen (secondary N) is 2. The van der Waals surface area contributed by atoms with E-state index in [1.165, 1.54) is 33.1 Å². The molecule has 3 aliphatic rings. The van der Waals surface area contributed by atoms with Crippen molar-refractivity contribution < 1.29 is 33.8 Å². The topological polar surface area (TPSA) is 161 Å². The van der Waals surface area contributed by atoms with Crippen LogP contribution in [0.25, 0.3) is 10.2 Å². The maximum atomic E-state index is 14.0. The lowest BCUT2D eigenvalue weighted by Gasteiger charge is -2.38. The lowest BCUT2D eigenvalue weighted by Crippen LogP contribution is -2.60. The van der Waals surface area contributed by atoms with Crippen LogP contribution in [0.15, 0.2) is 54.0 Å². The third-order valence-electron chi connectivity index (χ3n) is 9.56. The molecule has 3 N–H and O–H groups in total. The van der Waals surface area contributed by atoms with E-state index in [9.17, 15) is 29.1 Å². The van der Waals surface area contributed by atoms with Crippen LogP contribution in [0.4, 0.5) is 0 Å². The number of thiazole rings is 1. The Balaban J connectivity index is 1.34. The predicted octanol–water partition coefficient (Wildman–Crippen LogP) is 0.952. The number of fused-ring (bicyclic) bond motifs is 4. The van der Waals surface area contributed by atoms with E-state index in [1.54, 1.807) is 30.6 Å². The number of aliphatic hydroxyl groups excluding tert-OH is 1. The number of hydrogen-bond acceptors (Lipinski definition) is 9. The van der Waals surface area contributed by atoms with Gasteiger partial charge in [0.15, 0.2) is 0 Å². The van der Waals surface area contributed by atoms with Crippen LogP contribution in [0.1, 0.15) is 42.1 Å². The van der Waals surface area contributed by atoms with Crippen molar-refractivity contribution in [3.63, 3.8) is 0 Å². The van der Waals surface area contributed by atoms with E-state index in [-0.39, 0.29) is 26.1 Å². The summed E-state index contributed by atoms with van der Waals surface area (Å²) in [5, 5.41) is 17.2. The summed E-state index contributed by atoms with van der Waals surface area (Å²) in [6.07, 6.45) is -0.668. The number of aromatic nitrogens is 1. The lowest BCUT2D eigenvalue weighted by atomic mass is 9.97. The minimum atomic E-state index is -1.22. The number of benzene rings is 2. The Morgan fingerprint density at radius 2 is 1.85 bits per heavy atom. The second kappa shape index (κ2) is 14.4. The first-order chi connectivity index (χ1) is 23.1. The van der Waals surface area contributed by atoms with Gasteiger partial charge in [0.2, 0.25) is 23.6 Å². The molecular weight excluding hydrogens is 636 g/mol. The van der Waals surface area contributed by atoms with Crippen molar-refractivity contribution in [1.82, 2.24) is 30.3 Å². The summed E-state index contributed by atoms with van der Waals surface area (Å²) in [6.45, 7) is 1.60. The number of nitrogens with zero attached hydrogens (tertiary/aromatic N) is 4. The Bertz CT molecular complexity index is 1680. The maximum absolute atomic E-state index is 14.0. The number of rotatable bonds is 3. The molecule has 1 aromatic heterocycles. The van der Waals surface area contributed by atoms with Gasteiger partial charge >= 0.3 is 0 Å². The highest BCUT2D eigenvalue weighted by Gasteiger charge is 2.41. The van der Waals surface area contributed by atoms with E-state index >= 15 is 0 Å². The highest BCUT2D eigenvalue weighted by molar-refractivity contribution is 7.16. The Morgan fingerprint density at radius 1 is 1.06 bits per heavy atom. The molecule has 6 rings (SSSR count). The van der Waals surface area contributed by atoms with Crippen LogP contribution in [0, 0.1) is 0 Å². The highest BCUT2D eigenvalue weighted by atomic mass is 32.1. The molecule has 3 aromatic rings. The zero-order chi connectivity index (χ0) is 33.9. The predicted molar refractivity (Wildman–Crippen MR) is 177 cm³/mol. The molecular formula is C34H40N6O7S. The van der Waals surface area contributed by atoms with Gasteiger partial charge in [0, 0.05) is 32.2 Å². The summed E-state index contributed by atoms with van der Waals surface area (Å²) in [4.78, 5) is 77.4. The molecule has 254 valence electrons. The van der Waals surface area contributed by atoms with E-state index in [0.717, 1.165) is 15.8 Å². The molecule has 3 fully saturated rings. The largest absolute Gasteiger partial charge is 0.388 e. The standard InChI is InChI=1S/C34H40N6O7S/c1-20-31(43)37-25(15-21-7-4-3-5-8-21)32(44)36-24-12-14-47-27(30(24)42)17-39(33(45)22-10-11-23-28(16-22)48-19-35-23)18-29(41)40-13-6-9-26(40)34(46)38(20)2/h3-5,7-8,10-11,16,19-20,24-27,30,42H,6,9,12-15,17-18H2,1-2H3,(H,36,44)(H,37,43)/t20-,24-,25-,26-,27+,30-/m0/s1. The van der Waals surface area contributed by atoms with Gasteiger partial charge in [-0.25, -0.2) is 4.98 Å². The van der Waals surface area contributed by atoms with Gasteiger partial charge in [0.25, 0.3) is 5.91 Å². The highest BCUT2D eigenvalue weighted by Crippen LogP contribution is 2.24. The Morgan fingerprint density at radius 3 is 2.65 bits per heavy atom. The van der Waals surface area contributed by atoms with Crippen LogP contribution in [-0.2, 0) is 30.3 Å². The molecule has 4 heterocycles. The fourth-order valence-corrected chi connectivity index (χ4v) is 7.33. The molecule has 48 heavy (non-hydrogen) atoms. The van der Waals surface area contributed by atoms with Crippen molar-refractivity contribution in [3.8, 4) is 0 Å². The summed E-state index contributed by atoms with van der Waals surface area (Å²) < 4.78 is 6.75. The van der Waals surface area contributed by atoms with Crippen LogP contribution in [0.5, 0.6) is 0 Å². The smallest absolute Gasteiger partial charge is 0.254 e. The first-order valence-corrected chi connectivity index (χ1v) is 17.1. The second-order valence-corrected chi connectivity index (χ2v) is 13.5. The zero-order valence-corrected chi connectivity index (χ0v) is 27.7. The number of amides is 5. The molecule has 0 saturated carbocycles. The van der Waals surface area contributed by atoms with Crippen molar-refractivity contribution in [2.45, 2.75) is 69.0 Å². The fourth-order valence-electron chi connectivity index (χ4n) is 6.61. The van der Waals surface area contributed by atoms with Gasteiger partial charge in [0.1, 0.15) is 36.9 Å². The first kappa shape index (κ1) is 33.5. The van der Waals surface area contributed by atoms with Crippen LogP contribution < -0.4 is 10.6 Å². The number of carbonyl (C=O) groups excluding carboxylic acids is 5. The quantitative estimate of drug-likeness (QED) is 0.370. The molecule has 0 aliphatic carbocycles. The summed E-state index contributed by atoms with van der Waals surface area (Å²) in [7, 11) is 1.51. The van der Waals surface area contributed by atoms with Crippen LogP contribution in [0.2, 0.25) is 0 Å². The van der Waals surface area contributed by atoms with E-state index in [0.29, 0.717) is 31.4 Å². The second-order valence-electron chi connectivity index (χ2n) is 12.6. The zero-order valence-electron chi connectivity index (χ0n) is 26.9. The van der Waals surface area contributed by atoms with E-state index in [4.69, 9.17) is 4.74 Å². The molecule has 3 saturated heterocycles. The molecule has 0 unspecified atom stereocenters. The Labute approximate surface area is 282 Å². The monoisotopic (exact) mass is 676 g/mol. The summed E-state index contributed by atoms with van der Waals surface area (Å²) in [5.74, 6) is -2.29. The Kier molecular flexibility index (Phi) is 10.0. The van der Waals surface area contributed by atoms with Crippen LogP contribution >= 0.6 is 11.3 Å².